The smallest absolute Gasteiger partial charge is 0.340 e. The summed E-state index contributed by atoms with van der Waals surface area (Å²) in [6, 6.07) is 18.8. The normalized spacial score (nSPS) is 12.1. The lowest BCUT2D eigenvalue weighted by Gasteiger charge is -2.20. The van der Waals surface area contributed by atoms with Crippen molar-refractivity contribution < 1.29 is 4.79 Å². The van der Waals surface area contributed by atoms with Gasteiger partial charge in [-0.2, -0.15) is 5.10 Å². The number of rotatable bonds is 5. The van der Waals surface area contributed by atoms with Crippen molar-refractivity contribution in [3.63, 3.8) is 0 Å². The van der Waals surface area contributed by atoms with Crippen LogP contribution in [-0.2, 0) is 4.79 Å². The molecule has 0 aliphatic heterocycles. The van der Waals surface area contributed by atoms with Crippen molar-refractivity contribution in [1.82, 2.24) is 20.5 Å². The molecule has 1 heterocycles. The monoisotopic (exact) mass is 322 g/mol. The summed E-state index contributed by atoms with van der Waals surface area (Å²) in [6.45, 7) is 1.77. The molecule has 6 nitrogen and oxygen atoms in total. The van der Waals surface area contributed by atoms with Crippen LogP contribution >= 0.6 is 0 Å². The molecule has 0 saturated heterocycles. The first-order valence-corrected chi connectivity index (χ1v) is 7.70. The number of nitrogens with one attached hydrogen (secondary N) is 3. The van der Waals surface area contributed by atoms with E-state index in [0.29, 0.717) is 5.82 Å². The Morgan fingerprint density at radius 3 is 2.00 bits per heavy atom. The number of hydrogen-bond donors (Lipinski definition) is 3. The molecule has 1 atom stereocenters. The SMILES string of the molecule is CC(NC(=O)C(c1ccccc1)c1ccccc1)c1n[nH]c(=O)[nH]1. The van der Waals surface area contributed by atoms with Crippen LogP contribution in [0.25, 0.3) is 0 Å². The van der Waals surface area contributed by atoms with Crippen LogP contribution in [0.15, 0.2) is 65.5 Å². The predicted octanol–water partition coefficient (Wildman–Crippen LogP) is 2.11. The predicted molar refractivity (Wildman–Crippen MR) is 90.5 cm³/mol. The Kier molecular flexibility index (Phi) is 4.56. The van der Waals surface area contributed by atoms with Crippen molar-refractivity contribution in [2.24, 2.45) is 0 Å². The van der Waals surface area contributed by atoms with Gasteiger partial charge in [0, 0.05) is 0 Å². The molecule has 0 aliphatic rings. The van der Waals surface area contributed by atoms with Crippen molar-refractivity contribution in [2.75, 3.05) is 0 Å². The summed E-state index contributed by atoms with van der Waals surface area (Å²) in [5.74, 6) is -0.183. The van der Waals surface area contributed by atoms with E-state index in [1.807, 2.05) is 60.7 Å². The molecule has 6 heteroatoms. The van der Waals surface area contributed by atoms with E-state index in [2.05, 4.69) is 20.5 Å². The summed E-state index contributed by atoms with van der Waals surface area (Å²) >= 11 is 0. The summed E-state index contributed by atoms with van der Waals surface area (Å²) in [4.78, 5) is 26.6. The lowest BCUT2D eigenvalue weighted by Crippen LogP contribution is -2.32. The van der Waals surface area contributed by atoms with Crippen molar-refractivity contribution in [3.8, 4) is 0 Å². The number of nitrogens with zero attached hydrogens (tertiary/aromatic N) is 1. The van der Waals surface area contributed by atoms with Gasteiger partial charge in [0.2, 0.25) is 5.91 Å². The molecule has 2 aromatic carbocycles. The van der Waals surface area contributed by atoms with Gasteiger partial charge in [-0.15, -0.1) is 0 Å². The number of aromatic nitrogens is 3. The highest BCUT2D eigenvalue weighted by molar-refractivity contribution is 5.87. The first-order chi connectivity index (χ1) is 11.6. The molecule has 24 heavy (non-hydrogen) atoms. The molecular formula is C18H18N4O2. The molecule has 1 aromatic heterocycles. The Morgan fingerprint density at radius 2 is 1.54 bits per heavy atom. The van der Waals surface area contributed by atoms with Crippen LogP contribution in [0.4, 0.5) is 0 Å². The Hall–Kier alpha value is -3.15. The highest BCUT2D eigenvalue weighted by atomic mass is 16.2. The molecule has 1 amide bonds. The van der Waals surface area contributed by atoms with Crippen LogP contribution in [-0.4, -0.2) is 21.1 Å². The summed E-state index contributed by atoms with van der Waals surface area (Å²) in [6.07, 6.45) is 0. The molecule has 3 N–H and O–H groups in total. The van der Waals surface area contributed by atoms with Gasteiger partial charge in [0.25, 0.3) is 0 Å². The fourth-order valence-corrected chi connectivity index (χ4v) is 2.64. The number of aromatic amines is 2. The maximum absolute atomic E-state index is 12.9. The summed E-state index contributed by atoms with van der Waals surface area (Å²) in [7, 11) is 0. The third kappa shape index (κ3) is 3.43. The van der Waals surface area contributed by atoms with Crippen LogP contribution in [0.2, 0.25) is 0 Å². The summed E-state index contributed by atoms with van der Waals surface area (Å²) in [5.41, 5.74) is 1.42. The molecule has 0 fully saturated rings. The molecule has 0 saturated carbocycles. The molecule has 1 unspecified atom stereocenters. The van der Waals surface area contributed by atoms with E-state index in [9.17, 15) is 9.59 Å². The minimum Gasteiger partial charge on any atom is -0.346 e. The van der Waals surface area contributed by atoms with Gasteiger partial charge in [-0.1, -0.05) is 60.7 Å². The van der Waals surface area contributed by atoms with E-state index >= 15 is 0 Å². The zero-order chi connectivity index (χ0) is 16.9. The van der Waals surface area contributed by atoms with Gasteiger partial charge in [-0.25, -0.2) is 9.89 Å². The number of carbonyl (C=O) groups is 1. The van der Waals surface area contributed by atoms with Gasteiger partial charge in [0.05, 0.1) is 12.0 Å². The highest BCUT2D eigenvalue weighted by Gasteiger charge is 2.24. The second-order valence-corrected chi connectivity index (χ2v) is 5.55. The number of carbonyl (C=O) groups excluding carboxylic acids is 1. The standard InChI is InChI=1S/C18H18N4O2/c1-12(16-20-18(24)22-21-16)19-17(23)15(13-8-4-2-5-9-13)14-10-6-3-7-11-14/h2-12,15H,1H3,(H,19,23)(H2,20,21,22,24). The van der Waals surface area contributed by atoms with E-state index in [1.165, 1.54) is 0 Å². The van der Waals surface area contributed by atoms with Crippen LogP contribution in [0.5, 0.6) is 0 Å². The average molecular weight is 322 g/mol. The Morgan fingerprint density at radius 1 is 1.00 bits per heavy atom. The first kappa shape index (κ1) is 15.7. The van der Waals surface area contributed by atoms with Gasteiger partial charge < -0.3 is 5.32 Å². The number of benzene rings is 2. The largest absolute Gasteiger partial charge is 0.346 e. The summed E-state index contributed by atoms with van der Waals surface area (Å²) in [5, 5.41) is 9.08. The quantitative estimate of drug-likeness (QED) is 0.672. The number of amides is 1. The second-order valence-electron chi connectivity index (χ2n) is 5.55. The first-order valence-electron chi connectivity index (χ1n) is 7.70. The van der Waals surface area contributed by atoms with E-state index in [1.54, 1.807) is 6.92 Å². The third-order valence-electron chi connectivity index (χ3n) is 3.82. The van der Waals surface area contributed by atoms with E-state index < -0.39 is 17.6 Å². The van der Waals surface area contributed by atoms with E-state index in [-0.39, 0.29) is 5.91 Å². The fraction of sp³-hybridized carbons (Fsp3) is 0.167. The van der Waals surface area contributed by atoms with E-state index in [4.69, 9.17) is 0 Å². The molecular weight excluding hydrogens is 304 g/mol. The van der Waals surface area contributed by atoms with Gasteiger partial charge in [0.1, 0.15) is 0 Å². The maximum atomic E-state index is 12.9. The topological polar surface area (TPSA) is 90.6 Å². The van der Waals surface area contributed by atoms with Crippen LogP contribution in [0.1, 0.15) is 35.8 Å². The molecule has 0 spiro atoms. The van der Waals surface area contributed by atoms with Gasteiger partial charge in [-0.05, 0) is 18.1 Å². The Labute approximate surface area is 138 Å². The van der Waals surface area contributed by atoms with Gasteiger partial charge in [-0.3, -0.25) is 9.78 Å². The lowest BCUT2D eigenvalue weighted by atomic mass is 9.90. The molecule has 0 radical (unpaired) electrons. The number of hydrogen-bond acceptors (Lipinski definition) is 3. The van der Waals surface area contributed by atoms with Crippen molar-refractivity contribution in [3.05, 3.63) is 88.1 Å². The van der Waals surface area contributed by atoms with Gasteiger partial charge >= 0.3 is 5.69 Å². The molecule has 3 aromatic rings. The minimum atomic E-state index is -0.430. The van der Waals surface area contributed by atoms with Crippen LogP contribution in [0.3, 0.4) is 0 Å². The molecule has 0 bridgehead atoms. The molecule has 3 rings (SSSR count). The molecule has 122 valence electrons. The van der Waals surface area contributed by atoms with Crippen molar-refractivity contribution >= 4 is 5.91 Å². The lowest BCUT2D eigenvalue weighted by molar-refractivity contribution is -0.122. The molecule has 0 aliphatic carbocycles. The maximum Gasteiger partial charge on any atom is 0.340 e. The third-order valence-corrected chi connectivity index (χ3v) is 3.82. The zero-order valence-electron chi connectivity index (χ0n) is 13.2. The van der Waals surface area contributed by atoms with E-state index in [0.717, 1.165) is 11.1 Å². The van der Waals surface area contributed by atoms with Crippen LogP contribution < -0.4 is 11.0 Å². The Bertz CT molecular complexity index is 816. The average Bonchev–Trinajstić information content (AvgIpc) is 3.04. The van der Waals surface area contributed by atoms with Crippen LogP contribution in [0, 0.1) is 0 Å². The fourth-order valence-electron chi connectivity index (χ4n) is 2.64. The van der Waals surface area contributed by atoms with Gasteiger partial charge in [0.15, 0.2) is 5.82 Å². The number of H-pyrrole nitrogens is 2. The van der Waals surface area contributed by atoms with Crippen molar-refractivity contribution in [1.29, 1.82) is 0 Å². The van der Waals surface area contributed by atoms with Crippen molar-refractivity contribution in [2.45, 2.75) is 18.9 Å². The summed E-state index contributed by atoms with van der Waals surface area (Å²) < 4.78 is 0. The second kappa shape index (κ2) is 6.95. The highest BCUT2D eigenvalue weighted by Crippen LogP contribution is 2.25. The Balaban J connectivity index is 1.88. The minimum absolute atomic E-state index is 0.149. The zero-order valence-corrected chi connectivity index (χ0v) is 13.2.